The number of hydrogen-bond acceptors (Lipinski definition) is 4. The van der Waals surface area contributed by atoms with Gasteiger partial charge in [0.25, 0.3) is 5.69 Å². The van der Waals surface area contributed by atoms with Crippen LogP contribution in [0.2, 0.25) is 0 Å². The Morgan fingerprint density at radius 1 is 1.47 bits per heavy atom. The van der Waals surface area contributed by atoms with Gasteiger partial charge in [0.05, 0.1) is 15.8 Å². The highest BCUT2D eigenvalue weighted by Gasteiger charge is 2.12. The summed E-state index contributed by atoms with van der Waals surface area (Å²) in [5.41, 5.74) is -0.626. The summed E-state index contributed by atoms with van der Waals surface area (Å²) >= 11 is 5.80. The zero-order valence-electron chi connectivity index (χ0n) is 8.25. The number of hydrogen-bond donors (Lipinski definition) is 0. The molecule has 0 aliphatic heterocycles. The molecule has 0 N–H and O–H groups in total. The summed E-state index contributed by atoms with van der Waals surface area (Å²) in [6.07, 6.45) is 1.18. The first-order valence-electron chi connectivity index (χ1n) is 4.44. The fraction of sp³-hybridized carbons (Fsp3) is 0. The van der Waals surface area contributed by atoms with Crippen LogP contribution in [0.1, 0.15) is 5.56 Å². The molecule has 84 valence electrons. The normalized spacial score (nSPS) is 10.1. The summed E-state index contributed by atoms with van der Waals surface area (Å²) in [5.74, 6) is 0. The van der Waals surface area contributed by atoms with E-state index in [-0.39, 0.29) is 16.6 Å². The van der Waals surface area contributed by atoms with E-state index in [9.17, 15) is 14.9 Å². The van der Waals surface area contributed by atoms with Crippen molar-refractivity contribution in [3.8, 4) is 6.07 Å². The Morgan fingerprint density at radius 3 is 2.76 bits per heavy atom. The van der Waals surface area contributed by atoms with E-state index in [2.05, 4.69) is 0 Å². The van der Waals surface area contributed by atoms with Gasteiger partial charge in [-0.3, -0.25) is 19.0 Å². The first-order chi connectivity index (χ1) is 8.04. The monoisotopic (exact) mass is 249 g/mol. The molecule has 0 bridgehead atoms. The van der Waals surface area contributed by atoms with Gasteiger partial charge in [-0.1, -0.05) is 0 Å². The number of fused-ring (bicyclic) bond motifs is 1. The minimum atomic E-state index is -0.615. The first kappa shape index (κ1) is 11.1. The molecule has 7 heteroatoms. The molecule has 1 heterocycles. The van der Waals surface area contributed by atoms with E-state index in [1.807, 2.05) is 0 Å². The second-order valence-electron chi connectivity index (χ2n) is 3.25. The number of halogens is 1. The van der Waals surface area contributed by atoms with Crippen molar-refractivity contribution >= 4 is 28.4 Å². The number of aromatic nitrogens is 1. The van der Waals surface area contributed by atoms with Crippen LogP contribution in [-0.2, 0) is 0 Å². The largest absolute Gasteiger partial charge is 0.288 e. The lowest BCUT2D eigenvalue weighted by Crippen LogP contribution is -2.09. The molecular formula is C10H4ClN3O3. The molecule has 0 radical (unpaired) electrons. The Hall–Kier alpha value is -2.39. The zero-order chi connectivity index (χ0) is 12.6. The van der Waals surface area contributed by atoms with Crippen LogP contribution < -0.4 is 5.43 Å². The maximum Gasteiger partial charge on any atom is 0.270 e. The number of benzene rings is 1. The maximum atomic E-state index is 11.8. The van der Waals surface area contributed by atoms with Gasteiger partial charge in [-0.25, -0.2) is 0 Å². The fourth-order valence-electron chi connectivity index (χ4n) is 1.47. The van der Waals surface area contributed by atoms with Crippen LogP contribution in [-0.4, -0.2) is 9.01 Å². The second-order valence-corrected chi connectivity index (χ2v) is 3.62. The molecule has 0 unspecified atom stereocenters. The minimum Gasteiger partial charge on any atom is -0.288 e. The number of nitriles is 1. The molecular weight excluding hydrogens is 246 g/mol. The summed E-state index contributed by atoms with van der Waals surface area (Å²) in [4.78, 5) is 21.7. The number of nitrogens with zero attached hydrogens (tertiary/aromatic N) is 3. The van der Waals surface area contributed by atoms with Crippen LogP contribution in [0, 0.1) is 21.4 Å². The topological polar surface area (TPSA) is 88.9 Å². The van der Waals surface area contributed by atoms with Gasteiger partial charge in [0.2, 0.25) is 5.43 Å². The van der Waals surface area contributed by atoms with Crippen molar-refractivity contribution in [1.29, 1.82) is 5.26 Å². The van der Waals surface area contributed by atoms with Gasteiger partial charge in [-0.2, -0.15) is 5.26 Å². The molecule has 2 rings (SSSR count). The van der Waals surface area contributed by atoms with Crippen molar-refractivity contribution in [2.75, 3.05) is 0 Å². The lowest BCUT2D eigenvalue weighted by atomic mass is 10.1. The molecule has 0 spiro atoms. The van der Waals surface area contributed by atoms with Crippen LogP contribution in [0.15, 0.2) is 29.2 Å². The molecule has 2 aromatic rings. The molecule has 17 heavy (non-hydrogen) atoms. The Morgan fingerprint density at radius 2 is 2.18 bits per heavy atom. The average molecular weight is 250 g/mol. The van der Waals surface area contributed by atoms with Crippen LogP contribution >= 0.6 is 11.8 Å². The standard InChI is InChI=1S/C10H4ClN3O3/c11-13-5-6(4-12)10(15)8-3-7(14(16)17)1-2-9(8)13/h1-3,5H. The van der Waals surface area contributed by atoms with Gasteiger partial charge in [0, 0.05) is 30.1 Å². The second kappa shape index (κ2) is 3.88. The summed E-state index contributed by atoms with van der Waals surface area (Å²) in [7, 11) is 0. The van der Waals surface area contributed by atoms with Gasteiger partial charge in [0.1, 0.15) is 11.6 Å². The Labute approximate surface area is 99.5 Å². The Bertz CT molecular complexity index is 730. The van der Waals surface area contributed by atoms with Crippen molar-refractivity contribution in [2.24, 2.45) is 0 Å². The van der Waals surface area contributed by atoms with Gasteiger partial charge in [-0.05, 0) is 6.07 Å². The molecule has 0 aliphatic rings. The predicted octanol–water partition coefficient (Wildman–Crippen LogP) is 1.78. The van der Waals surface area contributed by atoms with E-state index >= 15 is 0 Å². The van der Waals surface area contributed by atoms with E-state index in [1.54, 1.807) is 6.07 Å². The van der Waals surface area contributed by atoms with Crippen LogP contribution in [0.3, 0.4) is 0 Å². The van der Waals surface area contributed by atoms with Crippen molar-refractivity contribution in [3.63, 3.8) is 0 Å². The van der Waals surface area contributed by atoms with Crippen molar-refractivity contribution in [2.45, 2.75) is 0 Å². The number of nitro benzene ring substituents is 1. The average Bonchev–Trinajstić information content (AvgIpc) is 2.33. The lowest BCUT2D eigenvalue weighted by Gasteiger charge is -2.02. The van der Waals surface area contributed by atoms with Gasteiger partial charge >= 0.3 is 0 Å². The smallest absolute Gasteiger partial charge is 0.270 e. The summed E-state index contributed by atoms with van der Waals surface area (Å²) < 4.78 is 1.07. The highest BCUT2D eigenvalue weighted by molar-refractivity contribution is 6.18. The SMILES string of the molecule is N#Cc1cn(Cl)c2ccc([N+](=O)[O-])cc2c1=O. The fourth-order valence-corrected chi connectivity index (χ4v) is 1.72. The molecule has 1 aromatic heterocycles. The quantitative estimate of drug-likeness (QED) is 0.569. The minimum absolute atomic E-state index is 0.0493. The molecule has 0 fully saturated rings. The lowest BCUT2D eigenvalue weighted by molar-refractivity contribution is -0.384. The van der Waals surface area contributed by atoms with Gasteiger partial charge in [0.15, 0.2) is 0 Å². The van der Waals surface area contributed by atoms with E-state index in [4.69, 9.17) is 17.0 Å². The highest BCUT2D eigenvalue weighted by Crippen LogP contribution is 2.19. The van der Waals surface area contributed by atoms with Crippen molar-refractivity contribution < 1.29 is 4.92 Å². The van der Waals surface area contributed by atoms with Crippen molar-refractivity contribution in [1.82, 2.24) is 4.09 Å². The van der Waals surface area contributed by atoms with Crippen LogP contribution in [0.5, 0.6) is 0 Å². The number of pyridine rings is 1. The van der Waals surface area contributed by atoms with E-state index in [0.717, 1.165) is 10.2 Å². The van der Waals surface area contributed by atoms with Gasteiger partial charge in [-0.15, -0.1) is 0 Å². The number of non-ortho nitro benzene ring substituents is 1. The molecule has 0 amide bonds. The third-order valence-corrected chi connectivity index (χ3v) is 2.55. The predicted molar refractivity (Wildman–Crippen MR) is 60.8 cm³/mol. The van der Waals surface area contributed by atoms with Crippen LogP contribution in [0.25, 0.3) is 10.9 Å². The van der Waals surface area contributed by atoms with Crippen molar-refractivity contribution in [3.05, 3.63) is 50.3 Å². The molecule has 6 nitrogen and oxygen atoms in total. The van der Waals surface area contributed by atoms with Crippen LogP contribution in [0.4, 0.5) is 5.69 Å². The summed E-state index contributed by atoms with van der Waals surface area (Å²) in [6, 6.07) is 5.40. The summed E-state index contributed by atoms with van der Waals surface area (Å²) in [5, 5.41) is 19.4. The zero-order valence-corrected chi connectivity index (χ0v) is 9.01. The highest BCUT2D eigenvalue weighted by atomic mass is 35.5. The van der Waals surface area contributed by atoms with E-state index < -0.39 is 10.4 Å². The third-order valence-electron chi connectivity index (χ3n) is 2.27. The van der Waals surface area contributed by atoms with Gasteiger partial charge < -0.3 is 0 Å². The first-order valence-corrected chi connectivity index (χ1v) is 4.78. The molecule has 0 atom stereocenters. The Balaban J connectivity index is 2.94. The van der Waals surface area contributed by atoms with E-state index in [0.29, 0.717) is 5.52 Å². The molecule has 0 saturated carbocycles. The van der Waals surface area contributed by atoms with E-state index in [1.165, 1.54) is 18.3 Å². The third kappa shape index (κ3) is 1.73. The summed E-state index contributed by atoms with van der Waals surface area (Å²) in [6.45, 7) is 0. The Kier molecular flexibility index (Phi) is 2.54. The molecule has 1 aromatic carbocycles. The number of nitro groups is 1. The molecule has 0 saturated heterocycles. The number of rotatable bonds is 1. The maximum absolute atomic E-state index is 11.8. The molecule has 0 aliphatic carbocycles.